The van der Waals surface area contributed by atoms with Crippen molar-refractivity contribution < 1.29 is 19.4 Å². The molecule has 1 atom stereocenters. The van der Waals surface area contributed by atoms with Gasteiger partial charge >= 0.3 is 5.97 Å². The second kappa shape index (κ2) is 6.27. The Morgan fingerprint density at radius 1 is 1.45 bits per heavy atom. The van der Waals surface area contributed by atoms with Gasteiger partial charge in [0.15, 0.2) is 0 Å². The fourth-order valence-corrected chi connectivity index (χ4v) is 1.60. The molecule has 1 amide bonds. The Morgan fingerprint density at radius 2 is 2.10 bits per heavy atom. The molecular weight excluding hydrogens is 260 g/mol. The number of rotatable bonds is 6. The molecule has 0 saturated heterocycles. The average molecular weight is 280 g/mol. The zero-order valence-corrected chi connectivity index (χ0v) is 11.9. The van der Waals surface area contributed by atoms with Crippen molar-refractivity contribution in [2.24, 2.45) is 5.41 Å². The fourth-order valence-electron chi connectivity index (χ4n) is 1.60. The number of methoxy groups -OCH3 is 1. The van der Waals surface area contributed by atoms with Crippen LogP contribution in [-0.2, 0) is 4.79 Å². The molecule has 0 bridgehead atoms. The van der Waals surface area contributed by atoms with E-state index in [2.05, 4.69) is 5.32 Å². The lowest BCUT2D eigenvalue weighted by Gasteiger charge is -2.23. The SMILES string of the molecule is CCC(C)(CNC(=O)c1ccc(OC)cc1N)C(=O)O. The first-order valence-corrected chi connectivity index (χ1v) is 6.29. The summed E-state index contributed by atoms with van der Waals surface area (Å²) in [6, 6.07) is 4.72. The summed E-state index contributed by atoms with van der Waals surface area (Å²) in [6.07, 6.45) is 0.417. The highest BCUT2D eigenvalue weighted by Crippen LogP contribution is 2.22. The van der Waals surface area contributed by atoms with E-state index in [1.165, 1.54) is 7.11 Å². The zero-order chi connectivity index (χ0) is 15.3. The highest BCUT2D eigenvalue weighted by Gasteiger charge is 2.31. The van der Waals surface area contributed by atoms with Crippen LogP contribution in [-0.4, -0.2) is 30.6 Å². The van der Waals surface area contributed by atoms with Gasteiger partial charge in [-0.15, -0.1) is 0 Å². The number of nitrogen functional groups attached to an aromatic ring is 1. The molecule has 6 heteroatoms. The molecule has 110 valence electrons. The number of hydrogen-bond donors (Lipinski definition) is 3. The summed E-state index contributed by atoms with van der Waals surface area (Å²) in [5.41, 5.74) is 5.37. The zero-order valence-electron chi connectivity index (χ0n) is 11.9. The van der Waals surface area contributed by atoms with Crippen LogP contribution in [0.2, 0.25) is 0 Å². The Kier molecular flexibility index (Phi) is 4.96. The summed E-state index contributed by atoms with van der Waals surface area (Å²) >= 11 is 0. The molecule has 0 aromatic heterocycles. The van der Waals surface area contributed by atoms with E-state index >= 15 is 0 Å². The second-order valence-corrected chi connectivity index (χ2v) is 4.86. The Balaban J connectivity index is 2.80. The van der Waals surface area contributed by atoms with Crippen molar-refractivity contribution in [3.63, 3.8) is 0 Å². The van der Waals surface area contributed by atoms with E-state index in [9.17, 15) is 9.59 Å². The first-order valence-electron chi connectivity index (χ1n) is 6.29. The van der Waals surface area contributed by atoms with Crippen LogP contribution in [0.5, 0.6) is 5.75 Å². The molecule has 0 aliphatic rings. The minimum absolute atomic E-state index is 0.0448. The third-order valence-corrected chi connectivity index (χ3v) is 3.44. The van der Waals surface area contributed by atoms with Crippen molar-refractivity contribution >= 4 is 17.6 Å². The van der Waals surface area contributed by atoms with Gasteiger partial charge < -0.3 is 20.9 Å². The van der Waals surface area contributed by atoms with Gasteiger partial charge in [-0.2, -0.15) is 0 Å². The largest absolute Gasteiger partial charge is 0.497 e. The predicted molar refractivity (Wildman–Crippen MR) is 75.8 cm³/mol. The van der Waals surface area contributed by atoms with Crippen LogP contribution < -0.4 is 15.8 Å². The van der Waals surface area contributed by atoms with E-state index in [1.807, 2.05) is 0 Å². The quantitative estimate of drug-likeness (QED) is 0.685. The van der Waals surface area contributed by atoms with Gasteiger partial charge in [0.05, 0.1) is 18.1 Å². The number of nitrogens with one attached hydrogen (secondary N) is 1. The van der Waals surface area contributed by atoms with Crippen LogP contribution in [0.25, 0.3) is 0 Å². The lowest BCUT2D eigenvalue weighted by molar-refractivity contribution is -0.147. The maximum Gasteiger partial charge on any atom is 0.311 e. The molecule has 0 saturated carbocycles. The molecule has 1 rings (SSSR count). The van der Waals surface area contributed by atoms with Crippen molar-refractivity contribution in [2.75, 3.05) is 19.4 Å². The molecule has 0 radical (unpaired) electrons. The molecule has 4 N–H and O–H groups in total. The third-order valence-electron chi connectivity index (χ3n) is 3.44. The summed E-state index contributed by atoms with van der Waals surface area (Å²) in [5.74, 6) is -0.780. The number of aliphatic carboxylic acids is 1. The normalized spacial score (nSPS) is 13.3. The number of anilines is 1. The van der Waals surface area contributed by atoms with E-state index in [0.29, 0.717) is 17.7 Å². The van der Waals surface area contributed by atoms with E-state index < -0.39 is 17.3 Å². The van der Waals surface area contributed by atoms with Crippen molar-refractivity contribution in [1.82, 2.24) is 5.32 Å². The summed E-state index contributed by atoms with van der Waals surface area (Å²) in [7, 11) is 1.51. The molecule has 1 aromatic carbocycles. The minimum atomic E-state index is -0.989. The monoisotopic (exact) mass is 280 g/mol. The Labute approximate surface area is 117 Å². The van der Waals surface area contributed by atoms with Crippen LogP contribution in [0.15, 0.2) is 18.2 Å². The van der Waals surface area contributed by atoms with E-state index in [1.54, 1.807) is 32.0 Å². The van der Waals surface area contributed by atoms with Crippen LogP contribution >= 0.6 is 0 Å². The van der Waals surface area contributed by atoms with Gasteiger partial charge in [0.2, 0.25) is 0 Å². The summed E-state index contributed by atoms with van der Waals surface area (Å²) in [4.78, 5) is 23.2. The smallest absolute Gasteiger partial charge is 0.311 e. The number of amides is 1. The number of carboxylic acids is 1. The van der Waals surface area contributed by atoms with E-state index in [4.69, 9.17) is 15.6 Å². The van der Waals surface area contributed by atoms with Crippen molar-refractivity contribution in [1.29, 1.82) is 0 Å². The van der Waals surface area contributed by atoms with Gasteiger partial charge in [0, 0.05) is 18.3 Å². The number of hydrogen-bond acceptors (Lipinski definition) is 4. The van der Waals surface area contributed by atoms with E-state index in [0.717, 1.165) is 0 Å². The summed E-state index contributed by atoms with van der Waals surface area (Å²) in [5, 5.41) is 11.8. The predicted octanol–water partition coefficient (Wildman–Crippen LogP) is 1.51. The Morgan fingerprint density at radius 3 is 2.55 bits per heavy atom. The highest BCUT2D eigenvalue weighted by molar-refractivity contribution is 5.99. The van der Waals surface area contributed by atoms with Gasteiger partial charge in [-0.1, -0.05) is 6.92 Å². The Bertz CT molecular complexity index is 516. The number of ether oxygens (including phenoxy) is 1. The fraction of sp³-hybridized carbons (Fsp3) is 0.429. The number of nitrogens with two attached hydrogens (primary N) is 1. The molecule has 0 spiro atoms. The number of carbonyl (C=O) groups excluding carboxylic acids is 1. The molecular formula is C14H20N2O4. The topological polar surface area (TPSA) is 102 Å². The van der Waals surface area contributed by atoms with Gasteiger partial charge in [-0.05, 0) is 25.5 Å². The second-order valence-electron chi connectivity index (χ2n) is 4.86. The van der Waals surface area contributed by atoms with Crippen molar-refractivity contribution in [2.45, 2.75) is 20.3 Å². The number of benzene rings is 1. The highest BCUT2D eigenvalue weighted by atomic mass is 16.5. The summed E-state index contributed by atoms with van der Waals surface area (Å²) in [6.45, 7) is 3.40. The van der Waals surface area contributed by atoms with Crippen molar-refractivity contribution in [3.05, 3.63) is 23.8 Å². The van der Waals surface area contributed by atoms with Gasteiger partial charge in [-0.25, -0.2) is 0 Å². The third kappa shape index (κ3) is 3.40. The molecule has 1 aromatic rings. The van der Waals surface area contributed by atoms with Gasteiger partial charge in [-0.3, -0.25) is 9.59 Å². The van der Waals surface area contributed by atoms with Crippen LogP contribution in [0.1, 0.15) is 30.6 Å². The molecule has 0 fully saturated rings. The van der Waals surface area contributed by atoms with Crippen LogP contribution in [0.4, 0.5) is 5.69 Å². The van der Waals surface area contributed by atoms with Gasteiger partial charge in [0.25, 0.3) is 5.91 Å². The Hall–Kier alpha value is -2.24. The maximum atomic E-state index is 12.0. The molecule has 1 unspecified atom stereocenters. The lowest BCUT2D eigenvalue weighted by Crippen LogP contribution is -2.40. The number of carbonyl (C=O) groups is 2. The first kappa shape index (κ1) is 15.8. The summed E-state index contributed by atoms with van der Waals surface area (Å²) < 4.78 is 5.00. The molecule has 0 aliphatic carbocycles. The molecule has 0 aliphatic heterocycles. The lowest BCUT2D eigenvalue weighted by atomic mass is 9.87. The van der Waals surface area contributed by atoms with Crippen LogP contribution in [0, 0.1) is 5.41 Å². The standard InChI is InChI=1S/C14H20N2O4/c1-4-14(2,13(18)19)8-16-12(17)10-6-5-9(20-3)7-11(10)15/h5-7H,4,8,15H2,1-3H3,(H,16,17)(H,18,19). The molecule has 0 heterocycles. The van der Waals surface area contributed by atoms with Crippen LogP contribution in [0.3, 0.4) is 0 Å². The van der Waals surface area contributed by atoms with Gasteiger partial charge in [0.1, 0.15) is 5.75 Å². The first-order chi connectivity index (χ1) is 9.34. The molecule has 20 heavy (non-hydrogen) atoms. The average Bonchev–Trinajstić information content (AvgIpc) is 2.43. The maximum absolute atomic E-state index is 12.0. The van der Waals surface area contributed by atoms with Crippen molar-refractivity contribution in [3.8, 4) is 5.75 Å². The molecule has 6 nitrogen and oxygen atoms in total. The minimum Gasteiger partial charge on any atom is -0.497 e. The van der Waals surface area contributed by atoms with E-state index in [-0.39, 0.29) is 12.2 Å². The number of carboxylic acid groups (broad SMARTS) is 1.